The Labute approximate surface area is 197 Å². The average molecular weight is 467 g/mol. The largest absolute Gasteiger partial charge is 0.493 e. The normalized spacial score (nSPS) is 15.6. The fourth-order valence-corrected chi connectivity index (χ4v) is 4.34. The molecule has 172 valence electrons. The molecule has 3 aromatic rings. The molecule has 1 saturated heterocycles. The van der Waals surface area contributed by atoms with Gasteiger partial charge in [0.25, 0.3) is 5.56 Å². The lowest BCUT2D eigenvalue weighted by Crippen LogP contribution is -2.36. The molecule has 0 radical (unpaired) electrons. The Balaban J connectivity index is 1.57. The first-order valence-electron chi connectivity index (χ1n) is 11.1. The maximum Gasteiger partial charge on any atom is 0.335 e. The number of hydrogen-bond acceptors (Lipinski definition) is 5. The monoisotopic (exact) mass is 466 g/mol. The molecule has 2 N–H and O–H groups in total. The van der Waals surface area contributed by atoms with E-state index in [0.717, 1.165) is 37.0 Å². The lowest BCUT2D eigenvalue weighted by Gasteiger charge is -2.30. The van der Waals surface area contributed by atoms with E-state index in [1.807, 2.05) is 25.1 Å². The lowest BCUT2D eigenvalue weighted by atomic mass is 10.0. The van der Waals surface area contributed by atoms with Gasteiger partial charge < -0.3 is 5.11 Å². The van der Waals surface area contributed by atoms with Crippen LogP contribution in [0.2, 0.25) is 5.02 Å². The van der Waals surface area contributed by atoms with E-state index < -0.39 is 17.1 Å². The van der Waals surface area contributed by atoms with Crippen LogP contribution in [0, 0.1) is 0 Å². The summed E-state index contributed by atoms with van der Waals surface area (Å²) in [6, 6.07) is 16.9. The van der Waals surface area contributed by atoms with Gasteiger partial charge in [0.1, 0.15) is 5.56 Å². The van der Waals surface area contributed by atoms with Gasteiger partial charge in [0, 0.05) is 24.7 Å². The second-order valence-corrected chi connectivity index (χ2v) is 8.63. The van der Waals surface area contributed by atoms with Gasteiger partial charge in [-0.3, -0.25) is 19.7 Å². The van der Waals surface area contributed by atoms with E-state index in [9.17, 15) is 14.7 Å². The summed E-state index contributed by atoms with van der Waals surface area (Å²) < 4.78 is 1.07. The molecule has 4 rings (SSSR count). The lowest BCUT2D eigenvalue weighted by molar-refractivity contribution is 0.206. The van der Waals surface area contributed by atoms with Gasteiger partial charge in [0.15, 0.2) is 0 Å². The minimum atomic E-state index is -0.715. The van der Waals surface area contributed by atoms with Crippen molar-refractivity contribution in [2.45, 2.75) is 38.8 Å². The summed E-state index contributed by atoms with van der Waals surface area (Å²) in [4.78, 5) is 34.7. The first-order chi connectivity index (χ1) is 16.0. The number of rotatable bonds is 6. The zero-order valence-corrected chi connectivity index (χ0v) is 19.3. The number of H-pyrrole nitrogens is 1. The van der Waals surface area contributed by atoms with Crippen molar-refractivity contribution in [3.63, 3.8) is 0 Å². The fourth-order valence-electron chi connectivity index (χ4n) is 4.22. The topological polar surface area (TPSA) is 90.7 Å². The molecule has 0 amide bonds. The first-order valence-corrected chi connectivity index (χ1v) is 11.5. The van der Waals surface area contributed by atoms with Crippen LogP contribution in [0.5, 0.6) is 5.88 Å². The predicted molar refractivity (Wildman–Crippen MR) is 131 cm³/mol. The van der Waals surface area contributed by atoms with Crippen LogP contribution in [0.1, 0.15) is 37.3 Å². The molecule has 7 nitrogen and oxygen atoms in total. The van der Waals surface area contributed by atoms with E-state index in [2.05, 4.69) is 22.0 Å². The molecule has 0 saturated carbocycles. The molecule has 8 heteroatoms. The Bertz CT molecular complexity index is 1240. The SMILES string of the molecule is CCC(=NC1CCN(Cc2ccccc2)CC1)c1c(O)n(-c2ccc(Cl)cc2)c(=O)[nH]c1=O. The molecule has 0 aliphatic carbocycles. The number of hydrogen-bond donors (Lipinski definition) is 2. The first kappa shape index (κ1) is 23.0. The highest BCUT2D eigenvalue weighted by Crippen LogP contribution is 2.22. The molecule has 1 fully saturated rings. The van der Waals surface area contributed by atoms with Gasteiger partial charge in [-0.05, 0) is 49.1 Å². The van der Waals surface area contributed by atoms with Gasteiger partial charge in [-0.2, -0.15) is 0 Å². The van der Waals surface area contributed by atoms with E-state index >= 15 is 0 Å². The Hall–Kier alpha value is -3.16. The van der Waals surface area contributed by atoms with E-state index in [4.69, 9.17) is 16.6 Å². The van der Waals surface area contributed by atoms with Crippen LogP contribution in [0.25, 0.3) is 5.69 Å². The van der Waals surface area contributed by atoms with Crippen molar-refractivity contribution in [3.05, 3.63) is 91.6 Å². The van der Waals surface area contributed by atoms with Crippen LogP contribution in [-0.4, -0.2) is 44.4 Å². The molecule has 1 aromatic heterocycles. The zero-order valence-electron chi connectivity index (χ0n) is 18.5. The number of aromatic hydroxyl groups is 1. The third-order valence-electron chi connectivity index (χ3n) is 5.94. The summed E-state index contributed by atoms with van der Waals surface area (Å²) in [5.74, 6) is -0.409. The summed E-state index contributed by atoms with van der Waals surface area (Å²) in [6.07, 6.45) is 2.19. The number of benzene rings is 2. The van der Waals surface area contributed by atoms with Crippen molar-refractivity contribution in [1.82, 2.24) is 14.5 Å². The fraction of sp³-hybridized carbons (Fsp3) is 0.320. The molecule has 0 atom stereocenters. The van der Waals surface area contributed by atoms with Crippen LogP contribution in [0.4, 0.5) is 0 Å². The number of halogens is 1. The summed E-state index contributed by atoms with van der Waals surface area (Å²) >= 11 is 5.94. The minimum Gasteiger partial charge on any atom is -0.493 e. The summed E-state index contributed by atoms with van der Waals surface area (Å²) in [7, 11) is 0. The van der Waals surface area contributed by atoms with Crippen molar-refractivity contribution >= 4 is 17.3 Å². The van der Waals surface area contributed by atoms with E-state index in [1.165, 1.54) is 5.56 Å². The average Bonchev–Trinajstić information content (AvgIpc) is 2.81. The molecule has 1 aliphatic rings. The molecular formula is C25H27ClN4O3. The van der Waals surface area contributed by atoms with Crippen molar-refractivity contribution < 1.29 is 5.11 Å². The summed E-state index contributed by atoms with van der Waals surface area (Å²) in [6.45, 7) is 4.61. The second-order valence-electron chi connectivity index (χ2n) is 8.19. The predicted octanol–water partition coefficient (Wildman–Crippen LogP) is 3.75. The Morgan fingerprint density at radius 3 is 2.39 bits per heavy atom. The highest BCUT2D eigenvalue weighted by atomic mass is 35.5. The van der Waals surface area contributed by atoms with Crippen LogP contribution >= 0.6 is 11.6 Å². The highest BCUT2D eigenvalue weighted by molar-refractivity contribution is 6.30. The molecule has 1 aliphatic heterocycles. The van der Waals surface area contributed by atoms with Gasteiger partial charge in [-0.1, -0.05) is 48.9 Å². The smallest absolute Gasteiger partial charge is 0.335 e. The molecule has 0 bridgehead atoms. The standard InChI is InChI=1S/C25H27ClN4O3/c1-2-21(27-19-12-14-29(15-13-19)16-17-6-4-3-5-7-17)22-23(31)28-25(33)30(24(22)32)20-10-8-18(26)9-11-20/h3-11,19,32H,2,12-16H2,1H3,(H,28,31,33). The number of likely N-dealkylation sites (tertiary alicyclic amines) is 1. The quantitative estimate of drug-likeness (QED) is 0.541. The van der Waals surface area contributed by atoms with Gasteiger partial charge >= 0.3 is 5.69 Å². The molecule has 2 heterocycles. The minimum absolute atomic E-state index is 0.0405. The van der Waals surface area contributed by atoms with Crippen molar-refractivity contribution in [3.8, 4) is 11.6 Å². The van der Waals surface area contributed by atoms with Crippen molar-refractivity contribution in [2.24, 2.45) is 4.99 Å². The molecule has 2 aromatic carbocycles. The molecule has 0 spiro atoms. The van der Waals surface area contributed by atoms with Crippen LogP contribution in [-0.2, 0) is 6.54 Å². The van der Waals surface area contributed by atoms with Gasteiger partial charge in [0.2, 0.25) is 5.88 Å². The second kappa shape index (κ2) is 10.2. The van der Waals surface area contributed by atoms with Crippen molar-refractivity contribution in [2.75, 3.05) is 13.1 Å². The van der Waals surface area contributed by atoms with E-state index in [1.54, 1.807) is 24.3 Å². The maximum atomic E-state index is 12.7. The van der Waals surface area contributed by atoms with Gasteiger partial charge in [-0.25, -0.2) is 9.36 Å². The van der Waals surface area contributed by atoms with Crippen molar-refractivity contribution in [1.29, 1.82) is 0 Å². The zero-order chi connectivity index (χ0) is 23.4. The third-order valence-corrected chi connectivity index (χ3v) is 6.19. The van der Waals surface area contributed by atoms with Crippen LogP contribution in [0.3, 0.4) is 0 Å². The number of piperidine rings is 1. The Morgan fingerprint density at radius 2 is 1.76 bits per heavy atom. The molecule has 33 heavy (non-hydrogen) atoms. The number of nitrogens with one attached hydrogen (secondary N) is 1. The number of nitrogens with zero attached hydrogens (tertiary/aromatic N) is 3. The number of aromatic amines is 1. The molecular weight excluding hydrogens is 440 g/mol. The third kappa shape index (κ3) is 5.26. The van der Waals surface area contributed by atoms with Gasteiger partial charge in [-0.15, -0.1) is 0 Å². The molecule has 0 unspecified atom stereocenters. The number of aromatic nitrogens is 2. The van der Waals surface area contributed by atoms with Crippen LogP contribution in [0.15, 0.2) is 69.2 Å². The maximum absolute atomic E-state index is 12.7. The Kier molecular flexibility index (Phi) is 7.11. The summed E-state index contributed by atoms with van der Waals surface area (Å²) in [5.41, 5.74) is 0.883. The highest BCUT2D eigenvalue weighted by Gasteiger charge is 2.23. The van der Waals surface area contributed by atoms with Crippen LogP contribution < -0.4 is 11.2 Å². The summed E-state index contributed by atoms with van der Waals surface area (Å²) in [5, 5.41) is 11.4. The van der Waals surface area contributed by atoms with E-state index in [0.29, 0.717) is 22.8 Å². The van der Waals surface area contributed by atoms with E-state index in [-0.39, 0.29) is 11.6 Å². The number of aliphatic imine (C=N–C) groups is 1. The van der Waals surface area contributed by atoms with Gasteiger partial charge in [0.05, 0.1) is 17.4 Å². The Morgan fingerprint density at radius 1 is 1.09 bits per heavy atom.